The summed E-state index contributed by atoms with van der Waals surface area (Å²) in [4.78, 5) is 30.0. The Bertz CT molecular complexity index is 961. The standard InChI is InChI=1S/C17H15N3O2S2/c1-2-8-20-16(22)12-9-13(11-6-4-3-5-7-11)24-15(12)19-17(20)23-10-14(18)21/h2-7,9H,1,8,10H2,(H2,18,21). The van der Waals surface area contributed by atoms with Crippen molar-refractivity contribution in [3.05, 3.63) is 59.4 Å². The minimum Gasteiger partial charge on any atom is -0.369 e. The third-order valence-corrected chi connectivity index (χ3v) is 5.41. The minimum absolute atomic E-state index is 0.0754. The summed E-state index contributed by atoms with van der Waals surface area (Å²) >= 11 is 2.63. The first-order valence-corrected chi connectivity index (χ1v) is 9.02. The van der Waals surface area contributed by atoms with Crippen LogP contribution >= 0.6 is 23.1 Å². The van der Waals surface area contributed by atoms with E-state index in [-0.39, 0.29) is 11.3 Å². The van der Waals surface area contributed by atoms with E-state index in [1.807, 2.05) is 36.4 Å². The molecule has 7 heteroatoms. The number of primary amides is 1. The molecule has 3 rings (SSSR count). The van der Waals surface area contributed by atoms with Crippen LogP contribution in [0.25, 0.3) is 20.7 Å². The number of allylic oxidation sites excluding steroid dienone is 1. The van der Waals surface area contributed by atoms with Crippen LogP contribution in [-0.2, 0) is 11.3 Å². The van der Waals surface area contributed by atoms with Crippen molar-refractivity contribution in [3.8, 4) is 10.4 Å². The van der Waals surface area contributed by atoms with Gasteiger partial charge in [0.2, 0.25) is 5.91 Å². The lowest BCUT2D eigenvalue weighted by molar-refractivity contribution is -0.115. The van der Waals surface area contributed by atoms with Gasteiger partial charge in [-0.1, -0.05) is 48.2 Å². The van der Waals surface area contributed by atoms with Gasteiger partial charge in [0.15, 0.2) is 5.16 Å². The zero-order chi connectivity index (χ0) is 17.1. The van der Waals surface area contributed by atoms with E-state index < -0.39 is 5.91 Å². The molecule has 2 N–H and O–H groups in total. The molecule has 0 fully saturated rings. The smallest absolute Gasteiger partial charge is 0.263 e. The molecule has 0 aliphatic carbocycles. The second kappa shape index (κ2) is 7.02. The van der Waals surface area contributed by atoms with Gasteiger partial charge in [-0.25, -0.2) is 4.98 Å². The summed E-state index contributed by atoms with van der Waals surface area (Å²) in [6.07, 6.45) is 1.63. The zero-order valence-electron chi connectivity index (χ0n) is 12.8. The number of benzene rings is 1. The van der Waals surface area contributed by atoms with Crippen molar-refractivity contribution >= 4 is 39.2 Å². The molecule has 0 aliphatic rings. The van der Waals surface area contributed by atoms with Gasteiger partial charge < -0.3 is 5.73 Å². The number of amides is 1. The summed E-state index contributed by atoms with van der Waals surface area (Å²) in [7, 11) is 0. The third-order valence-electron chi connectivity index (χ3n) is 3.33. The molecule has 0 unspecified atom stereocenters. The van der Waals surface area contributed by atoms with E-state index in [1.54, 1.807) is 6.08 Å². The predicted molar refractivity (Wildman–Crippen MR) is 99.4 cm³/mol. The zero-order valence-corrected chi connectivity index (χ0v) is 14.4. The van der Waals surface area contributed by atoms with E-state index in [4.69, 9.17) is 5.73 Å². The van der Waals surface area contributed by atoms with Crippen LogP contribution in [0.5, 0.6) is 0 Å². The van der Waals surface area contributed by atoms with Gasteiger partial charge in [-0.15, -0.1) is 17.9 Å². The maximum atomic E-state index is 12.8. The molecule has 24 heavy (non-hydrogen) atoms. The molecule has 1 aromatic carbocycles. The number of carbonyl (C=O) groups is 1. The Kier molecular flexibility index (Phi) is 4.82. The number of fused-ring (bicyclic) bond motifs is 1. The van der Waals surface area contributed by atoms with E-state index in [0.29, 0.717) is 21.9 Å². The summed E-state index contributed by atoms with van der Waals surface area (Å²) in [5, 5.41) is 1.05. The molecule has 0 aliphatic heterocycles. The number of hydrogen-bond donors (Lipinski definition) is 1. The van der Waals surface area contributed by atoms with Crippen molar-refractivity contribution < 1.29 is 4.79 Å². The van der Waals surface area contributed by atoms with Crippen LogP contribution in [0.4, 0.5) is 0 Å². The fourth-order valence-electron chi connectivity index (χ4n) is 2.28. The minimum atomic E-state index is -0.448. The molecule has 0 saturated carbocycles. The van der Waals surface area contributed by atoms with E-state index >= 15 is 0 Å². The fourth-order valence-corrected chi connectivity index (χ4v) is 4.10. The third kappa shape index (κ3) is 3.27. The van der Waals surface area contributed by atoms with Gasteiger partial charge in [-0.3, -0.25) is 14.2 Å². The maximum absolute atomic E-state index is 12.8. The Morgan fingerprint density at radius 2 is 2.12 bits per heavy atom. The van der Waals surface area contributed by atoms with Crippen molar-refractivity contribution in [1.82, 2.24) is 9.55 Å². The van der Waals surface area contributed by atoms with Crippen molar-refractivity contribution in [2.45, 2.75) is 11.7 Å². The number of rotatable bonds is 6. The molecule has 122 valence electrons. The van der Waals surface area contributed by atoms with E-state index in [9.17, 15) is 9.59 Å². The highest BCUT2D eigenvalue weighted by atomic mass is 32.2. The molecule has 0 spiro atoms. The first-order valence-electron chi connectivity index (χ1n) is 7.22. The van der Waals surface area contributed by atoms with E-state index in [0.717, 1.165) is 10.4 Å². The molecular formula is C17H15N3O2S2. The number of nitrogens with two attached hydrogens (primary N) is 1. The van der Waals surface area contributed by atoms with Crippen molar-refractivity contribution in [2.75, 3.05) is 5.75 Å². The van der Waals surface area contributed by atoms with Crippen molar-refractivity contribution in [1.29, 1.82) is 0 Å². The average molecular weight is 357 g/mol. The molecule has 0 saturated heterocycles. The molecular weight excluding hydrogens is 342 g/mol. The Balaban J connectivity index is 2.14. The summed E-state index contributed by atoms with van der Waals surface area (Å²) in [5.41, 5.74) is 6.11. The lowest BCUT2D eigenvalue weighted by atomic mass is 10.2. The van der Waals surface area contributed by atoms with Gasteiger partial charge in [-0.05, 0) is 11.6 Å². The topological polar surface area (TPSA) is 78.0 Å². The fraction of sp³-hybridized carbons (Fsp3) is 0.118. The molecule has 3 aromatic rings. The second-order valence-electron chi connectivity index (χ2n) is 5.05. The monoisotopic (exact) mass is 357 g/mol. The van der Waals surface area contributed by atoms with E-state index in [1.165, 1.54) is 27.7 Å². The highest BCUT2D eigenvalue weighted by molar-refractivity contribution is 7.99. The number of thiophene rings is 1. The maximum Gasteiger partial charge on any atom is 0.263 e. The summed E-state index contributed by atoms with van der Waals surface area (Å²) in [6, 6.07) is 11.7. The van der Waals surface area contributed by atoms with Crippen LogP contribution in [-0.4, -0.2) is 21.2 Å². The van der Waals surface area contributed by atoms with Gasteiger partial charge in [0.05, 0.1) is 11.1 Å². The van der Waals surface area contributed by atoms with Gasteiger partial charge >= 0.3 is 0 Å². The number of aromatic nitrogens is 2. The average Bonchev–Trinajstić information content (AvgIpc) is 3.01. The van der Waals surface area contributed by atoms with Gasteiger partial charge in [0, 0.05) is 11.4 Å². The molecule has 2 heterocycles. The summed E-state index contributed by atoms with van der Waals surface area (Å²) in [5.74, 6) is -0.373. The van der Waals surface area contributed by atoms with Crippen LogP contribution in [0.15, 0.2) is 59.0 Å². The lowest BCUT2D eigenvalue weighted by Crippen LogP contribution is -2.23. The Hall–Kier alpha value is -2.38. The van der Waals surface area contributed by atoms with Crippen LogP contribution in [0.3, 0.4) is 0 Å². The van der Waals surface area contributed by atoms with Crippen molar-refractivity contribution in [2.24, 2.45) is 5.73 Å². The SMILES string of the molecule is C=CCn1c(SCC(N)=O)nc2sc(-c3ccccc3)cc2c1=O. The predicted octanol–water partition coefficient (Wildman–Crippen LogP) is 2.89. The molecule has 1 amide bonds. The lowest BCUT2D eigenvalue weighted by Gasteiger charge is -2.08. The number of nitrogens with zero attached hydrogens (tertiary/aromatic N) is 2. The van der Waals surface area contributed by atoms with Crippen molar-refractivity contribution in [3.63, 3.8) is 0 Å². The largest absolute Gasteiger partial charge is 0.369 e. The normalized spacial score (nSPS) is 10.8. The molecule has 5 nitrogen and oxygen atoms in total. The van der Waals surface area contributed by atoms with Gasteiger partial charge in [0.25, 0.3) is 5.56 Å². The molecule has 0 radical (unpaired) electrons. The first kappa shape index (κ1) is 16.5. The van der Waals surface area contributed by atoms with Crippen LogP contribution in [0.2, 0.25) is 0 Å². The molecule has 2 aromatic heterocycles. The number of hydrogen-bond acceptors (Lipinski definition) is 5. The Morgan fingerprint density at radius 1 is 1.38 bits per heavy atom. The molecule has 0 atom stereocenters. The Labute approximate surface area is 146 Å². The number of carbonyl (C=O) groups excluding carboxylic acids is 1. The highest BCUT2D eigenvalue weighted by Crippen LogP contribution is 2.32. The summed E-state index contributed by atoms with van der Waals surface area (Å²) < 4.78 is 1.52. The van der Waals surface area contributed by atoms with Crippen LogP contribution in [0.1, 0.15) is 0 Å². The van der Waals surface area contributed by atoms with Gasteiger partial charge in [0.1, 0.15) is 4.83 Å². The summed E-state index contributed by atoms with van der Waals surface area (Å²) in [6.45, 7) is 4.01. The number of thioether (sulfide) groups is 1. The molecule has 0 bridgehead atoms. The highest BCUT2D eigenvalue weighted by Gasteiger charge is 2.15. The van der Waals surface area contributed by atoms with E-state index in [2.05, 4.69) is 11.6 Å². The quantitative estimate of drug-likeness (QED) is 0.418. The van der Waals surface area contributed by atoms with Crippen LogP contribution in [0, 0.1) is 0 Å². The second-order valence-corrected chi connectivity index (χ2v) is 7.02. The first-order chi connectivity index (χ1) is 11.6. The Morgan fingerprint density at radius 3 is 2.79 bits per heavy atom. The van der Waals surface area contributed by atoms with Crippen LogP contribution < -0.4 is 11.3 Å². The van der Waals surface area contributed by atoms with Gasteiger partial charge in [-0.2, -0.15) is 0 Å².